The van der Waals surface area contributed by atoms with Crippen molar-refractivity contribution in [2.24, 2.45) is 5.73 Å². The van der Waals surface area contributed by atoms with E-state index in [1.165, 1.54) is 0 Å². The average molecular weight is 187 g/mol. The third kappa shape index (κ3) is 2.40. The monoisotopic (exact) mass is 187 g/mol. The van der Waals surface area contributed by atoms with Gasteiger partial charge < -0.3 is 10.5 Å². The topological polar surface area (TPSA) is 94.1 Å². The highest BCUT2D eigenvalue weighted by Gasteiger charge is 2.26. The van der Waals surface area contributed by atoms with E-state index < -0.39 is 11.3 Å². The van der Waals surface area contributed by atoms with Crippen LogP contribution in [0.2, 0.25) is 0 Å². The van der Waals surface area contributed by atoms with Crippen LogP contribution in [-0.2, 0) is 10.3 Å². The molecule has 3 N–H and O–H groups in total. The Bertz CT molecular complexity index is 315. The molecule has 13 heavy (non-hydrogen) atoms. The average Bonchev–Trinajstić information content (AvgIpc) is 2.49. The number of rotatable bonds is 4. The quantitative estimate of drug-likeness (QED) is 0.667. The second-order valence-electron chi connectivity index (χ2n) is 3.00. The van der Waals surface area contributed by atoms with Gasteiger partial charge >= 0.3 is 5.76 Å². The molecule has 0 fully saturated rings. The van der Waals surface area contributed by atoms with Gasteiger partial charge in [0, 0.05) is 6.61 Å². The second kappa shape index (κ2) is 3.71. The molecule has 0 saturated carbocycles. The Hall–Kier alpha value is -1.14. The highest BCUT2D eigenvalue weighted by Crippen LogP contribution is 2.11. The van der Waals surface area contributed by atoms with Crippen molar-refractivity contribution >= 4 is 0 Å². The number of nitrogens with two attached hydrogens (primary N) is 1. The third-order valence-electron chi connectivity index (χ3n) is 1.59. The van der Waals surface area contributed by atoms with E-state index in [2.05, 4.69) is 14.7 Å². The fourth-order valence-corrected chi connectivity index (χ4v) is 0.859. The molecule has 1 rings (SSSR count). The molecule has 0 saturated heterocycles. The summed E-state index contributed by atoms with van der Waals surface area (Å²) in [5, 5.41) is 3.49. The van der Waals surface area contributed by atoms with Crippen molar-refractivity contribution in [3.8, 4) is 0 Å². The number of aromatic nitrogens is 2. The predicted molar refractivity (Wildman–Crippen MR) is 45.2 cm³/mol. The van der Waals surface area contributed by atoms with Gasteiger partial charge in [0.1, 0.15) is 0 Å². The van der Waals surface area contributed by atoms with Gasteiger partial charge in [0.2, 0.25) is 0 Å². The summed E-state index contributed by atoms with van der Waals surface area (Å²) in [6.07, 6.45) is 0. The lowest BCUT2D eigenvalue weighted by atomic mass is 10.1. The molecular formula is C7H13N3O3. The molecule has 0 aliphatic rings. The van der Waals surface area contributed by atoms with Crippen LogP contribution >= 0.6 is 0 Å². The molecule has 6 nitrogen and oxygen atoms in total. The van der Waals surface area contributed by atoms with E-state index in [-0.39, 0.29) is 6.61 Å². The van der Waals surface area contributed by atoms with Gasteiger partial charge in [0.05, 0.1) is 12.1 Å². The maximum atomic E-state index is 10.6. The Morgan fingerprint density at radius 2 is 2.46 bits per heavy atom. The Labute approximate surface area is 75.1 Å². The first-order chi connectivity index (χ1) is 6.06. The van der Waals surface area contributed by atoms with E-state index in [0.717, 1.165) is 0 Å². The lowest BCUT2D eigenvalue weighted by Gasteiger charge is -2.19. The van der Waals surface area contributed by atoms with Gasteiger partial charge in [-0.05, 0) is 13.8 Å². The fourth-order valence-electron chi connectivity index (χ4n) is 0.859. The van der Waals surface area contributed by atoms with Gasteiger partial charge in [-0.15, -0.1) is 0 Å². The highest BCUT2D eigenvalue weighted by atomic mass is 16.5. The number of nitrogens with zero attached hydrogens (tertiary/aromatic N) is 1. The van der Waals surface area contributed by atoms with E-state index in [1.54, 1.807) is 6.92 Å². The Morgan fingerprint density at radius 1 is 1.77 bits per heavy atom. The van der Waals surface area contributed by atoms with Crippen LogP contribution in [0.15, 0.2) is 9.32 Å². The van der Waals surface area contributed by atoms with Crippen LogP contribution < -0.4 is 11.5 Å². The van der Waals surface area contributed by atoms with Crippen LogP contribution in [0.25, 0.3) is 0 Å². The van der Waals surface area contributed by atoms with Crippen LogP contribution in [0, 0.1) is 0 Å². The van der Waals surface area contributed by atoms with Gasteiger partial charge in [0.25, 0.3) is 0 Å². The largest absolute Gasteiger partial charge is 0.438 e. The van der Waals surface area contributed by atoms with Crippen LogP contribution in [0.5, 0.6) is 0 Å². The minimum Gasteiger partial charge on any atom is -0.379 e. The van der Waals surface area contributed by atoms with E-state index in [1.807, 2.05) is 6.92 Å². The van der Waals surface area contributed by atoms with E-state index >= 15 is 0 Å². The minimum absolute atomic E-state index is 0.284. The molecule has 0 aliphatic heterocycles. The molecule has 0 spiro atoms. The van der Waals surface area contributed by atoms with Crippen molar-refractivity contribution in [3.05, 3.63) is 16.4 Å². The molecule has 1 unspecified atom stereocenters. The first-order valence-electron chi connectivity index (χ1n) is 3.99. The van der Waals surface area contributed by atoms with Gasteiger partial charge in [-0.1, -0.05) is 5.16 Å². The summed E-state index contributed by atoms with van der Waals surface area (Å²) in [5.41, 5.74) is 5.00. The smallest absolute Gasteiger partial charge is 0.379 e. The number of aromatic amines is 1. The maximum absolute atomic E-state index is 10.6. The van der Waals surface area contributed by atoms with Crippen molar-refractivity contribution in [3.63, 3.8) is 0 Å². The summed E-state index contributed by atoms with van der Waals surface area (Å²) in [7, 11) is 0. The lowest BCUT2D eigenvalue weighted by Crippen LogP contribution is -2.39. The zero-order valence-corrected chi connectivity index (χ0v) is 7.66. The van der Waals surface area contributed by atoms with Crippen molar-refractivity contribution in [1.82, 2.24) is 10.1 Å². The van der Waals surface area contributed by atoms with Gasteiger partial charge in [-0.3, -0.25) is 9.51 Å². The minimum atomic E-state index is -0.817. The maximum Gasteiger partial charge on any atom is 0.438 e. The van der Waals surface area contributed by atoms with Gasteiger partial charge in [-0.2, -0.15) is 0 Å². The molecule has 0 amide bonds. The van der Waals surface area contributed by atoms with Crippen molar-refractivity contribution in [2.45, 2.75) is 19.4 Å². The first-order valence-corrected chi connectivity index (χ1v) is 3.99. The fraction of sp³-hybridized carbons (Fsp3) is 0.714. The predicted octanol–water partition coefficient (Wildman–Crippen LogP) is -0.427. The van der Waals surface area contributed by atoms with Gasteiger partial charge in [0.15, 0.2) is 5.82 Å². The molecule has 1 aromatic heterocycles. The Morgan fingerprint density at radius 3 is 2.92 bits per heavy atom. The second-order valence-corrected chi connectivity index (χ2v) is 3.00. The number of hydrogen-bond donors (Lipinski definition) is 2. The summed E-state index contributed by atoms with van der Waals surface area (Å²) in [6, 6.07) is 0. The van der Waals surface area contributed by atoms with Crippen LogP contribution in [-0.4, -0.2) is 23.4 Å². The first kappa shape index (κ1) is 9.94. The molecule has 0 aromatic carbocycles. The van der Waals surface area contributed by atoms with Crippen LogP contribution in [0.3, 0.4) is 0 Å². The molecule has 0 radical (unpaired) electrons. The summed E-state index contributed by atoms with van der Waals surface area (Å²) in [4.78, 5) is 13.0. The number of H-pyrrole nitrogens is 1. The van der Waals surface area contributed by atoms with Gasteiger partial charge in [-0.25, -0.2) is 4.79 Å². The Balaban J connectivity index is 2.74. The SMILES string of the molecule is CCOCC(C)(N)c1noc(=O)[nH]1. The van der Waals surface area contributed by atoms with Crippen molar-refractivity contribution in [2.75, 3.05) is 13.2 Å². The summed E-state index contributed by atoms with van der Waals surface area (Å²) in [6.45, 7) is 4.42. The third-order valence-corrected chi connectivity index (χ3v) is 1.59. The van der Waals surface area contributed by atoms with E-state index in [4.69, 9.17) is 10.5 Å². The highest BCUT2D eigenvalue weighted by molar-refractivity contribution is 4.98. The molecule has 0 bridgehead atoms. The number of nitrogens with one attached hydrogen (secondary N) is 1. The summed E-state index contributed by atoms with van der Waals surface area (Å²) < 4.78 is 9.47. The van der Waals surface area contributed by atoms with Crippen molar-refractivity contribution < 1.29 is 9.26 Å². The van der Waals surface area contributed by atoms with Crippen LogP contribution in [0.4, 0.5) is 0 Å². The van der Waals surface area contributed by atoms with Crippen LogP contribution in [0.1, 0.15) is 19.7 Å². The molecule has 6 heteroatoms. The van der Waals surface area contributed by atoms with Crippen molar-refractivity contribution in [1.29, 1.82) is 0 Å². The Kier molecular flexibility index (Phi) is 2.84. The zero-order chi connectivity index (χ0) is 9.90. The lowest BCUT2D eigenvalue weighted by molar-refractivity contribution is 0.0962. The molecular weight excluding hydrogens is 174 g/mol. The standard InChI is InChI=1S/C7H13N3O3/c1-3-12-4-7(2,8)5-9-6(11)13-10-5/h3-4,8H2,1-2H3,(H,9,10,11). The number of ether oxygens (including phenoxy) is 1. The molecule has 74 valence electrons. The van der Waals surface area contributed by atoms with E-state index in [0.29, 0.717) is 12.4 Å². The zero-order valence-electron chi connectivity index (χ0n) is 7.66. The molecule has 1 heterocycles. The molecule has 1 aromatic rings. The molecule has 1 atom stereocenters. The number of hydrogen-bond acceptors (Lipinski definition) is 5. The normalized spacial score (nSPS) is 15.6. The summed E-state index contributed by atoms with van der Waals surface area (Å²) in [5.74, 6) is -0.311. The summed E-state index contributed by atoms with van der Waals surface area (Å²) >= 11 is 0. The van der Waals surface area contributed by atoms with E-state index in [9.17, 15) is 4.79 Å². The molecule has 0 aliphatic carbocycles.